The Balaban J connectivity index is 4.22. The van der Waals surface area contributed by atoms with Crippen LogP contribution in [0.15, 0.2) is 0 Å². The van der Waals surface area contributed by atoms with Crippen molar-refractivity contribution in [1.29, 1.82) is 0 Å². The molecule has 2 N–H and O–H groups in total. The molecule has 0 aliphatic heterocycles. The molecule has 1 atom stereocenters. The average Bonchev–Trinajstić information content (AvgIpc) is 2.30. The van der Waals surface area contributed by atoms with E-state index in [4.69, 9.17) is 5.73 Å². The average molecular weight is 260 g/mol. The van der Waals surface area contributed by atoms with Gasteiger partial charge in [0.25, 0.3) is 0 Å². The predicted octanol–water partition coefficient (Wildman–Crippen LogP) is 2.49. The van der Waals surface area contributed by atoms with Crippen LogP contribution in [0.3, 0.4) is 0 Å². The maximum Gasteiger partial charge on any atom is 0.239 e. The Bertz CT molecular complexity index is 210. The number of unbranched alkanes of at least 4 members (excludes halogenated alkanes) is 2. The molecular weight excluding hydrogens is 232 g/mol. The molecule has 3 nitrogen and oxygen atoms in total. The number of rotatable bonds is 9. The van der Waals surface area contributed by atoms with Crippen molar-refractivity contribution >= 4 is 17.7 Å². The third-order valence-electron chi connectivity index (χ3n) is 2.86. The molecule has 1 amide bonds. The molecule has 0 aliphatic rings. The third kappa shape index (κ3) is 6.94. The first-order valence-electron chi connectivity index (χ1n) is 6.59. The molecule has 0 rings (SSSR count). The Kier molecular flexibility index (Phi) is 9.65. The fraction of sp³-hybridized carbons (Fsp3) is 0.923. The van der Waals surface area contributed by atoms with Gasteiger partial charge in [-0.05, 0) is 38.7 Å². The van der Waals surface area contributed by atoms with Gasteiger partial charge in [-0.25, -0.2) is 0 Å². The van der Waals surface area contributed by atoms with E-state index < -0.39 is 0 Å². The molecule has 0 aromatic heterocycles. The Morgan fingerprint density at radius 1 is 1.35 bits per heavy atom. The fourth-order valence-corrected chi connectivity index (χ4v) is 2.23. The number of amides is 1. The third-order valence-corrected chi connectivity index (χ3v) is 3.50. The second-order valence-corrected chi connectivity index (χ2v) is 5.71. The normalized spacial score (nSPS) is 12.8. The van der Waals surface area contributed by atoms with Crippen molar-refractivity contribution in [2.24, 2.45) is 5.73 Å². The van der Waals surface area contributed by atoms with Crippen molar-refractivity contribution in [1.82, 2.24) is 4.90 Å². The van der Waals surface area contributed by atoms with Gasteiger partial charge in [0.15, 0.2) is 0 Å². The SMILES string of the molecule is CCCCCN(C(=O)[C@@H](N)CCSC)C(C)C. The molecule has 0 radical (unpaired) electrons. The second-order valence-electron chi connectivity index (χ2n) is 4.72. The lowest BCUT2D eigenvalue weighted by atomic mass is 10.1. The van der Waals surface area contributed by atoms with Gasteiger partial charge < -0.3 is 10.6 Å². The maximum absolute atomic E-state index is 12.2. The largest absolute Gasteiger partial charge is 0.339 e. The lowest BCUT2D eigenvalue weighted by molar-refractivity contribution is -0.134. The summed E-state index contributed by atoms with van der Waals surface area (Å²) >= 11 is 1.74. The van der Waals surface area contributed by atoms with Gasteiger partial charge in [0, 0.05) is 12.6 Å². The topological polar surface area (TPSA) is 46.3 Å². The highest BCUT2D eigenvalue weighted by atomic mass is 32.2. The lowest BCUT2D eigenvalue weighted by Gasteiger charge is -2.29. The van der Waals surface area contributed by atoms with Gasteiger partial charge in [-0.15, -0.1) is 0 Å². The van der Waals surface area contributed by atoms with Gasteiger partial charge in [0.05, 0.1) is 6.04 Å². The summed E-state index contributed by atoms with van der Waals surface area (Å²) in [6, 6.07) is -0.0776. The van der Waals surface area contributed by atoms with Crippen LogP contribution in [0.1, 0.15) is 46.5 Å². The van der Waals surface area contributed by atoms with E-state index in [1.165, 1.54) is 12.8 Å². The first kappa shape index (κ1) is 16.8. The molecule has 17 heavy (non-hydrogen) atoms. The van der Waals surface area contributed by atoms with Crippen LogP contribution >= 0.6 is 11.8 Å². The van der Waals surface area contributed by atoms with E-state index in [1.807, 2.05) is 11.2 Å². The molecule has 0 saturated carbocycles. The Labute approximate surface area is 111 Å². The highest BCUT2D eigenvalue weighted by Gasteiger charge is 2.22. The Hall–Kier alpha value is -0.220. The monoisotopic (exact) mass is 260 g/mol. The molecule has 0 aromatic rings. The summed E-state index contributed by atoms with van der Waals surface area (Å²) in [7, 11) is 0. The van der Waals surface area contributed by atoms with Gasteiger partial charge in [0.1, 0.15) is 0 Å². The smallest absolute Gasteiger partial charge is 0.239 e. The van der Waals surface area contributed by atoms with E-state index in [1.54, 1.807) is 11.8 Å². The molecule has 0 aromatic carbocycles. The molecule has 0 spiro atoms. The van der Waals surface area contributed by atoms with E-state index in [0.29, 0.717) is 0 Å². The van der Waals surface area contributed by atoms with Crippen LogP contribution in [0.25, 0.3) is 0 Å². The molecule has 0 unspecified atom stereocenters. The second kappa shape index (κ2) is 9.77. The number of hydrogen-bond acceptors (Lipinski definition) is 3. The minimum Gasteiger partial charge on any atom is -0.339 e. The molecule has 0 heterocycles. The van der Waals surface area contributed by atoms with Crippen molar-refractivity contribution in [3.05, 3.63) is 0 Å². The van der Waals surface area contributed by atoms with Crippen LogP contribution in [0.4, 0.5) is 0 Å². The number of carbonyl (C=O) groups excluding carboxylic acids is 1. The zero-order valence-corrected chi connectivity index (χ0v) is 12.6. The van der Waals surface area contributed by atoms with Crippen LogP contribution < -0.4 is 5.73 Å². The molecule has 0 aliphatic carbocycles. The summed E-state index contributed by atoms with van der Waals surface area (Å²) < 4.78 is 0. The van der Waals surface area contributed by atoms with Crippen molar-refractivity contribution in [2.75, 3.05) is 18.6 Å². The maximum atomic E-state index is 12.2. The first-order valence-corrected chi connectivity index (χ1v) is 7.98. The minimum atomic E-state index is -0.327. The molecular formula is C13H28N2OS. The fourth-order valence-electron chi connectivity index (χ4n) is 1.74. The van der Waals surface area contributed by atoms with E-state index >= 15 is 0 Å². The van der Waals surface area contributed by atoms with Gasteiger partial charge in [-0.3, -0.25) is 4.79 Å². The van der Waals surface area contributed by atoms with Gasteiger partial charge >= 0.3 is 0 Å². The molecule has 102 valence electrons. The zero-order chi connectivity index (χ0) is 13.3. The Morgan fingerprint density at radius 2 is 2.00 bits per heavy atom. The van der Waals surface area contributed by atoms with Crippen LogP contribution in [0, 0.1) is 0 Å². The van der Waals surface area contributed by atoms with E-state index in [-0.39, 0.29) is 18.0 Å². The number of hydrogen-bond donors (Lipinski definition) is 1. The summed E-state index contributed by atoms with van der Waals surface area (Å²) in [5, 5.41) is 0. The Morgan fingerprint density at radius 3 is 2.47 bits per heavy atom. The van der Waals surface area contributed by atoms with Crippen LogP contribution in [0.5, 0.6) is 0 Å². The number of nitrogens with two attached hydrogens (primary N) is 1. The van der Waals surface area contributed by atoms with Gasteiger partial charge in [0.2, 0.25) is 5.91 Å². The quantitative estimate of drug-likeness (QED) is 0.648. The van der Waals surface area contributed by atoms with E-state index in [2.05, 4.69) is 20.8 Å². The molecule has 4 heteroatoms. The molecule has 0 bridgehead atoms. The first-order chi connectivity index (χ1) is 8.04. The summed E-state index contributed by atoms with van der Waals surface area (Å²) in [6.45, 7) is 7.14. The predicted molar refractivity (Wildman–Crippen MR) is 77.3 cm³/mol. The number of thioether (sulfide) groups is 1. The van der Waals surface area contributed by atoms with Crippen molar-refractivity contribution in [3.63, 3.8) is 0 Å². The van der Waals surface area contributed by atoms with Crippen LogP contribution in [0.2, 0.25) is 0 Å². The minimum absolute atomic E-state index is 0.116. The van der Waals surface area contributed by atoms with Gasteiger partial charge in [-0.1, -0.05) is 19.8 Å². The van der Waals surface area contributed by atoms with Crippen molar-refractivity contribution in [3.8, 4) is 0 Å². The number of carbonyl (C=O) groups is 1. The van der Waals surface area contributed by atoms with E-state index in [9.17, 15) is 4.79 Å². The van der Waals surface area contributed by atoms with Crippen LogP contribution in [-0.4, -0.2) is 41.4 Å². The number of nitrogens with zero attached hydrogens (tertiary/aromatic N) is 1. The lowest BCUT2D eigenvalue weighted by Crippen LogP contribution is -2.47. The molecule has 0 saturated heterocycles. The highest BCUT2D eigenvalue weighted by molar-refractivity contribution is 7.98. The van der Waals surface area contributed by atoms with E-state index in [0.717, 1.165) is 25.1 Å². The van der Waals surface area contributed by atoms with Crippen molar-refractivity contribution in [2.45, 2.75) is 58.5 Å². The summed E-state index contributed by atoms with van der Waals surface area (Å²) in [5.74, 6) is 1.07. The highest BCUT2D eigenvalue weighted by Crippen LogP contribution is 2.08. The van der Waals surface area contributed by atoms with Crippen LogP contribution in [-0.2, 0) is 4.79 Å². The van der Waals surface area contributed by atoms with Crippen molar-refractivity contribution < 1.29 is 4.79 Å². The summed E-state index contributed by atoms with van der Waals surface area (Å²) in [5.41, 5.74) is 5.94. The summed E-state index contributed by atoms with van der Waals surface area (Å²) in [4.78, 5) is 14.1. The molecule has 0 fully saturated rings. The summed E-state index contributed by atoms with van der Waals surface area (Å²) in [6.07, 6.45) is 6.25. The van der Waals surface area contributed by atoms with Gasteiger partial charge in [-0.2, -0.15) is 11.8 Å². The standard InChI is InChI=1S/C13H28N2OS/c1-5-6-7-9-15(11(2)3)13(16)12(14)8-10-17-4/h11-12H,5-10,14H2,1-4H3/t12-/m0/s1. The zero-order valence-electron chi connectivity index (χ0n) is 11.7.